The molecule has 0 aliphatic heterocycles. The molecule has 0 aromatic heterocycles. The molecule has 2 nitrogen and oxygen atoms in total. The number of hydrogen-bond donors (Lipinski definition) is 1. The van der Waals surface area contributed by atoms with Crippen LogP contribution in [-0.4, -0.2) is 9.70 Å². The van der Waals surface area contributed by atoms with Crippen LogP contribution in [0.4, 0.5) is 5.69 Å². The molecule has 0 bridgehead atoms. The molecule has 0 unspecified atom stereocenters. The maximum atomic E-state index is 11.4. The van der Waals surface area contributed by atoms with Crippen molar-refractivity contribution in [1.82, 2.24) is 0 Å². The summed E-state index contributed by atoms with van der Waals surface area (Å²) >= 11 is 18.4. The van der Waals surface area contributed by atoms with Crippen molar-refractivity contribution in [2.24, 2.45) is 0 Å². The van der Waals surface area contributed by atoms with Gasteiger partial charge >= 0.3 is 0 Å². The summed E-state index contributed by atoms with van der Waals surface area (Å²) in [6.45, 7) is 1.96. The zero-order valence-corrected chi connectivity index (χ0v) is 12.1. The van der Waals surface area contributed by atoms with Crippen molar-refractivity contribution in [3.05, 3.63) is 27.3 Å². The third kappa shape index (κ3) is 3.98. The normalized spacial score (nSPS) is 11.3. The van der Waals surface area contributed by atoms with E-state index in [4.69, 9.17) is 34.8 Å². The van der Waals surface area contributed by atoms with E-state index in [9.17, 15) is 4.79 Å². The lowest BCUT2D eigenvalue weighted by molar-refractivity contribution is -0.115. The van der Waals surface area contributed by atoms with Crippen molar-refractivity contribution in [1.29, 1.82) is 0 Å². The van der Waals surface area contributed by atoms with Gasteiger partial charge in [-0.2, -0.15) is 0 Å². The SMILES string of the molecule is Cc1ccc(NC(=O)C(Cl)(Cl)Cl)c(I)c1. The molecule has 1 N–H and O–H groups in total. The van der Waals surface area contributed by atoms with Crippen LogP contribution >= 0.6 is 57.4 Å². The first-order chi connectivity index (χ1) is 6.80. The lowest BCUT2D eigenvalue weighted by Gasteiger charge is -2.12. The summed E-state index contributed by atoms with van der Waals surface area (Å²) in [4.78, 5) is 11.4. The van der Waals surface area contributed by atoms with E-state index in [1.54, 1.807) is 6.07 Å². The van der Waals surface area contributed by atoms with Crippen LogP contribution in [0.5, 0.6) is 0 Å². The molecule has 0 radical (unpaired) electrons. The van der Waals surface area contributed by atoms with E-state index in [-0.39, 0.29) is 0 Å². The number of benzene rings is 1. The molecular formula is C9H7Cl3INO. The van der Waals surface area contributed by atoms with Gasteiger partial charge in [-0.25, -0.2) is 0 Å². The molecule has 0 aliphatic carbocycles. The predicted molar refractivity (Wildman–Crippen MR) is 72.8 cm³/mol. The van der Waals surface area contributed by atoms with E-state index in [1.807, 2.05) is 19.1 Å². The lowest BCUT2D eigenvalue weighted by Crippen LogP contribution is -2.27. The van der Waals surface area contributed by atoms with Crippen molar-refractivity contribution in [3.63, 3.8) is 0 Å². The van der Waals surface area contributed by atoms with Crippen LogP contribution in [0.15, 0.2) is 18.2 Å². The summed E-state index contributed by atoms with van der Waals surface area (Å²) in [6, 6.07) is 5.57. The molecule has 0 fully saturated rings. The Morgan fingerprint density at radius 2 is 2.00 bits per heavy atom. The van der Waals surface area contributed by atoms with E-state index in [2.05, 4.69) is 27.9 Å². The molecule has 82 valence electrons. The summed E-state index contributed by atoms with van der Waals surface area (Å²) < 4.78 is -1.04. The zero-order chi connectivity index (χ0) is 11.6. The number of rotatable bonds is 1. The first kappa shape index (κ1) is 13.4. The Morgan fingerprint density at radius 3 is 2.47 bits per heavy atom. The smallest absolute Gasteiger partial charge is 0.276 e. The second-order valence-corrected chi connectivity index (χ2v) is 6.38. The molecule has 0 spiro atoms. The van der Waals surface area contributed by atoms with Crippen molar-refractivity contribution >= 4 is 69.0 Å². The quantitative estimate of drug-likeness (QED) is 0.583. The number of amides is 1. The Morgan fingerprint density at radius 1 is 1.40 bits per heavy atom. The standard InChI is InChI=1S/C9H7Cl3INO/c1-5-2-3-7(6(13)4-5)14-8(15)9(10,11)12/h2-4H,1H3,(H,14,15). The number of hydrogen-bond acceptors (Lipinski definition) is 1. The fraction of sp³-hybridized carbons (Fsp3) is 0.222. The topological polar surface area (TPSA) is 29.1 Å². The van der Waals surface area contributed by atoms with Crippen LogP contribution in [-0.2, 0) is 4.79 Å². The van der Waals surface area contributed by atoms with Gasteiger partial charge in [0.15, 0.2) is 0 Å². The number of carbonyl (C=O) groups excluding carboxylic acids is 1. The Balaban J connectivity index is 2.87. The van der Waals surface area contributed by atoms with Gasteiger partial charge in [-0.05, 0) is 47.2 Å². The minimum absolute atomic E-state index is 0.637. The van der Waals surface area contributed by atoms with Gasteiger partial charge in [0.2, 0.25) is 0 Å². The zero-order valence-electron chi connectivity index (χ0n) is 7.65. The van der Waals surface area contributed by atoms with Gasteiger partial charge in [-0.15, -0.1) is 0 Å². The fourth-order valence-corrected chi connectivity index (χ4v) is 1.86. The van der Waals surface area contributed by atoms with Crippen LogP contribution in [0, 0.1) is 10.5 Å². The summed E-state index contributed by atoms with van der Waals surface area (Å²) in [5.74, 6) is -0.658. The number of alkyl halides is 3. The molecule has 1 rings (SSSR count). The van der Waals surface area contributed by atoms with E-state index >= 15 is 0 Å². The van der Waals surface area contributed by atoms with Crippen LogP contribution in [0.1, 0.15) is 5.56 Å². The van der Waals surface area contributed by atoms with Crippen LogP contribution < -0.4 is 5.32 Å². The fourth-order valence-electron chi connectivity index (χ4n) is 0.915. The first-order valence-electron chi connectivity index (χ1n) is 3.95. The molecule has 0 heterocycles. The van der Waals surface area contributed by atoms with Gasteiger partial charge in [-0.1, -0.05) is 40.9 Å². The second-order valence-electron chi connectivity index (χ2n) is 2.94. The van der Waals surface area contributed by atoms with E-state index < -0.39 is 9.70 Å². The molecule has 0 saturated heterocycles. The minimum Gasteiger partial charge on any atom is -0.321 e. The first-order valence-corrected chi connectivity index (χ1v) is 6.16. The molecule has 1 aromatic rings. The molecule has 1 amide bonds. The third-order valence-electron chi connectivity index (χ3n) is 1.63. The van der Waals surface area contributed by atoms with Gasteiger partial charge in [0.1, 0.15) is 0 Å². The Bertz CT molecular complexity index is 389. The summed E-state index contributed by atoms with van der Waals surface area (Å²) in [5.41, 5.74) is 1.74. The highest BCUT2D eigenvalue weighted by molar-refractivity contribution is 14.1. The average molecular weight is 378 g/mol. The largest absolute Gasteiger partial charge is 0.321 e. The highest BCUT2D eigenvalue weighted by Gasteiger charge is 2.30. The average Bonchev–Trinajstić information content (AvgIpc) is 2.08. The van der Waals surface area contributed by atoms with Crippen molar-refractivity contribution < 1.29 is 4.79 Å². The Labute approximate surface area is 116 Å². The Kier molecular flexibility index (Phi) is 4.52. The number of halogens is 4. The molecule has 15 heavy (non-hydrogen) atoms. The Hall–Kier alpha value is 0.290. The van der Waals surface area contributed by atoms with E-state index in [0.29, 0.717) is 5.69 Å². The van der Waals surface area contributed by atoms with Crippen LogP contribution in [0.3, 0.4) is 0 Å². The summed E-state index contributed by atoms with van der Waals surface area (Å²) in [7, 11) is 0. The van der Waals surface area contributed by atoms with Crippen molar-refractivity contribution in [3.8, 4) is 0 Å². The van der Waals surface area contributed by atoms with Crippen molar-refractivity contribution in [2.45, 2.75) is 10.7 Å². The maximum Gasteiger partial charge on any atom is 0.276 e. The lowest BCUT2D eigenvalue weighted by atomic mass is 10.2. The second kappa shape index (κ2) is 5.08. The van der Waals surface area contributed by atoms with Gasteiger partial charge in [-0.3, -0.25) is 4.79 Å². The van der Waals surface area contributed by atoms with E-state index in [0.717, 1.165) is 9.13 Å². The number of carbonyl (C=O) groups is 1. The summed E-state index contributed by atoms with van der Waals surface area (Å²) in [6.07, 6.45) is 0. The number of aryl methyl sites for hydroxylation is 1. The third-order valence-corrected chi connectivity index (χ3v) is 3.04. The monoisotopic (exact) mass is 377 g/mol. The van der Waals surface area contributed by atoms with E-state index in [1.165, 1.54) is 0 Å². The molecule has 0 saturated carbocycles. The van der Waals surface area contributed by atoms with Crippen LogP contribution in [0.25, 0.3) is 0 Å². The molecule has 1 aromatic carbocycles. The van der Waals surface area contributed by atoms with Crippen LogP contribution in [0.2, 0.25) is 0 Å². The van der Waals surface area contributed by atoms with Gasteiger partial charge in [0.05, 0.1) is 5.69 Å². The maximum absolute atomic E-state index is 11.4. The highest BCUT2D eigenvalue weighted by Crippen LogP contribution is 2.29. The number of anilines is 1. The molecule has 0 aliphatic rings. The molecule has 0 atom stereocenters. The minimum atomic E-state index is -1.94. The summed E-state index contributed by atoms with van der Waals surface area (Å²) in [5, 5.41) is 2.54. The van der Waals surface area contributed by atoms with Crippen molar-refractivity contribution in [2.75, 3.05) is 5.32 Å². The molecule has 6 heteroatoms. The van der Waals surface area contributed by atoms with Gasteiger partial charge < -0.3 is 5.32 Å². The molecular weight excluding hydrogens is 371 g/mol. The number of nitrogens with one attached hydrogen (secondary N) is 1. The van der Waals surface area contributed by atoms with Gasteiger partial charge in [0.25, 0.3) is 9.70 Å². The highest BCUT2D eigenvalue weighted by atomic mass is 127. The van der Waals surface area contributed by atoms with Gasteiger partial charge in [0, 0.05) is 3.57 Å². The predicted octanol–water partition coefficient (Wildman–Crippen LogP) is 3.91.